The smallest absolute Gasteiger partial charge is 0.336 e. The summed E-state index contributed by atoms with van der Waals surface area (Å²) in [5.41, 5.74) is 0.387. The molecule has 2 rings (SSSR count). The summed E-state index contributed by atoms with van der Waals surface area (Å²) < 4.78 is 15.9. The van der Waals surface area contributed by atoms with Crippen LogP contribution in [0.5, 0.6) is 5.75 Å². The van der Waals surface area contributed by atoms with Crippen molar-refractivity contribution in [2.45, 2.75) is 33.8 Å². The Bertz CT molecular complexity index is 916. The zero-order valence-electron chi connectivity index (χ0n) is 15.5. The van der Waals surface area contributed by atoms with E-state index < -0.39 is 23.5 Å². The molecule has 0 aliphatic carbocycles. The monoisotopic (exact) mass is 358 g/mol. The molecule has 6 nitrogen and oxygen atoms in total. The maximum absolute atomic E-state index is 13.2. The van der Waals surface area contributed by atoms with E-state index in [1.165, 1.54) is 19.3 Å². The maximum atomic E-state index is 13.2. The molecule has 0 saturated carbocycles. The molecule has 6 heteroatoms. The van der Waals surface area contributed by atoms with Crippen LogP contribution in [0.1, 0.15) is 38.1 Å². The normalized spacial score (nSPS) is 11.9. The minimum Gasteiger partial charge on any atom is -0.496 e. The van der Waals surface area contributed by atoms with Gasteiger partial charge < -0.3 is 13.9 Å². The molecule has 1 aromatic heterocycles. The molecule has 138 valence electrons. The quantitative estimate of drug-likeness (QED) is 0.340. The van der Waals surface area contributed by atoms with Crippen LogP contribution in [0.25, 0.3) is 11.0 Å². The van der Waals surface area contributed by atoms with Crippen LogP contribution in [-0.2, 0) is 9.53 Å². The fraction of sp³-hybridized carbons (Fsp3) is 0.350. The Kier molecular flexibility index (Phi) is 5.97. The van der Waals surface area contributed by atoms with Gasteiger partial charge in [-0.25, -0.2) is 9.59 Å². The lowest BCUT2D eigenvalue weighted by Gasteiger charge is -2.21. The highest BCUT2D eigenvalue weighted by atomic mass is 16.5. The van der Waals surface area contributed by atoms with E-state index in [0.717, 1.165) is 5.57 Å². The third-order valence-corrected chi connectivity index (χ3v) is 3.73. The van der Waals surface area contributed by atoms with Gasteiger partial charge in [-0.1, -0.05) is 19.4 Å². The van der Waals surface area contributed by atoms with Crippen LogP contribution in [0.15, 0.2) is 45.1 Å². The van der Waals surface area contributed by atoms with Crippen molar-refractivity contribution in [2.24, 2.45) is 5.92 Å². The van der Waals surface area contributed by atoms with Crippen LogP contribution in [0.4, 0.5) is 0 Å². The molecule has 0 unspecified atom stereocenters. The van der Waals surface area contributed by atoms with Crippen molar-refractivity contribution in [3.63, 3.8) is 0 Å². The lowest BCUT2D eigenvalue weighted by atomic mass is 9.95. The highest BCUT2D eigenvalue weighted by Gasteiger charge is 2.31. The van der Waals surface area contributed by atoms with E-state index in [0.29, 0.717) is 5.39 Å². The average Bonchev–Trinajstić information content (AvgIpc) is 2.57. The van der Waals surface area contributed by atoms with Crippen LogP contribution in [-0.4, -0.2) is 25.0 Å². The minimum atomic E-state index is -1.04. The highest BCUT2D eigenvalue weighted by Crippen LogP contribution is 2.30. The maximum Gasteiger partial charge on any atom is 0.336 e. The summed E-state index contributed by atoms with van der Waals surface area (Å²) in [6.45, 7) is 7.06. The van der Waals surface area contributed by atoms with Gasteiger partial charge in [0.1, 0.15) is 11.3 Å². The number of ether oxygens (including phenoxy) is 2. The number of esters is 1. The first-order valence-corrected chi connectivity index (χ1v) is 8.25. The second kappa shape index (κ2) is 7.99. The molecule has 0 aliphatic heterocycles. The third-order valence-electron chi connectivity index (χ3n) is 3.73. The fourth-order valence-electron chi connectivity index (χ4n) is 2.55. The molecule has 2 aromatic rings. The van der Waals surface area contributed by atoms with E-state index in [1.807, 2.05) is 0 Å². The fourth-order valence-corrected chi connectivity index (χ4v) is 2.55. The predicted molar refractivity (Wildman–Crippen MR) is 97.5 cm³/mol. The Hall–Kier alpha value is -2.89. The molecule has 0 aliphatic rings. The molecule has 0 bridgehead atoms. The van der Waals surface area contributed by atoms with Gasteiger partial charge in [0.05, 0.1) is 7.11 Å². The molecule has 0 saturated heterocycles. The van der Waals surface area contributed by atoms with E-state index in [4.69, 9.17) is 13.9 Å². The van der Waals surface area contributed by atoms with E-state index in [-0.39, 0.29) is 22.8 Å². The molecule has 1 atom stereocenters. The number of fused-ring (bicyclic) bond motifs is 1. The Morgan fingerprint density at radius 3 is 2.35 bits per heavy atom. The van der Waals surface area contributed by atoms with Gasteiger partial charge in [0.15, 0.2) is 11.7 Å². The number of hydrogen-bond acceptors (Lipinski definition) is 6. The molecule has 0 N–H and O–H groups in total. The third kappa shape index (κ3) is 4.20. The lowest BCUT2D eigenvalue weighted by Crippen LogP contribution is -2.32. The van der Waals surface area contributed by atoms with Crippen molar-refractivity contribution in [3.8, 4) is 5.75 Å². The number of Topliss-reactive ketones (excluding diaryl/α,β-unsaturated/α-hetero) is 1. The van der Waals surface area contributed by atoms with Crippen molar-refractivity contribution >= 4 is 22.7 Å². The highest BCUT2D eigenvalue weighted by molar-refractivity contribution is 6.11. The molecule has 1 heterocycles. The predicted octanol–water partition coefficient (Wildman–Crippen LogP) is 3.52. The Labute approximate surface area is 151 Å². The van der Waals surface area contributed by atoms with Crippen LogP contribution in [0.2, 0.25) is 0 Å². The standard InChI is InChI=1S/C20H22O6/c1-11(2)10-16(22)26-19(12(3)4)18(23)17-14(24-5)8-6-13-7-9-15(21)25-20(13)17/h6-10,12,19H,1-5H3/t19-/m1/s1. The van der Waals surface area contributed by atoms with Gasteiger partial charge >= 0.3 is 11.6 Å². The average molecular weight is 358 g/mol. The number of carbonyl (C=O) groups excluding carboxylic acids is 2. The minimum absolute atomic E-state index is 0.0893. The number of rotatable bonds is 6. The number of hydrogen-bond donors (Lipinski definition) is 0. The molecule has 0 radical (unpaired) electrons. The summed E-state index contributed by atoms with van der Waals surface area (Å²) in [6, 6.07) is 6.15. The second-order valence-electron chi connectivity index (χ2n) is 6.50. The lowest BCUT2D eigenvalue weighted by molar-refractivity contribution is -0.142. The van der Waals surface area contributed by atoms with Crippen molar-refractivity contribution in [1.29, 1.82) is 0 Å². The van der Waals surface area contributed by atoms with Gasteiger partial charge in [0.25, 0.3) is 0 Å². The van der Waals surface area contributed by atoms with Crippen LogP contribution >= 0.6 is 0 Å². The summed E-state index contributed by atoms with van der Waals surface area (Å²) in [6.07, 6.45) is 0.284. The second-order valence-corrected chi connectivity index (χ2v) is 6.50. The molecule has 1 aromatic carbocycles. The summed E-state index contributed by atoms with van der Waals surface area (Å²) in [7, 11) is 1.42. The van der Waals surface area contributed by atoms with Gasteiger partial charge in [-0.2, -0.15) is 0 Å². The first kappa shape index (κ1) is 19.4. The van der Waals surface area contributed by atoms with Crippen LogP contribution < -0.4 is 10.4 Å². The number of methoxy groups -OCH3 is 1. The number of carbonyl (C=O) groups is 2. The zero-order chi connectivity index (χ0) is 19.4. The first-order chi connectivity index (χ1) is 12.2. The van der Waals surface area contributed by atoms with Crippen molar-refractivity contribution in [1.82, 2.24) is 0 Å². The van der Waals surface area contributed by atoms with Gasteiger partial charge in [-0.3, -0.25) is 4.79 Å². The molecule has 26 heavy (non-hydrogen) atoms. The van der Waals surface area contributed by atoms with Gasteiger partial charge in [0.2, 0.25) is 5.78 Å². The summed E-state index contributed by atoms with van der Waals surface area (Å²) in [5.74, 6) is -1.11. The van der Waals surface area contributed by atoms with Crippen LogP contribution in [0.3, 0.4) is 0 Å². The number of benzene rings is 1. The summed E-state index contributed by atoms with van der Waals surface area (Å²) in [4.78, 5) is 36.8. The SMILES string of the molecule is COc1ccc2ccc(=O)oc2c1C(=O)[C@H](OC(=O)C=C(C)C)C(C)C. The number of ketones is 1. The topological polar surface area (TPSA) is 82.8 Å². The Morgan fingerprint density at radius 1 is 1.12 bits per heavy atom. The van der Waals surface area contributed by atoms with E-state index in [2.05, 4.69) is 0 Å². The van der Waals surface area contributed by atoms with Crippen molar-refractivity contribution in [2.75, 3.05) is 7.11 Å². The van der Waals surface area contributed by atoms with Crippen molar-refractivity contribution in [3.05, 3.63) is 51.9 Å². The summed E-state index contributed by atoms with van der Waals surface area (Å²) >= 11 is 0. The zero-order valence-corrected chi connectivity index (χ0v) is 15.5. The largest absolute Gasteiger partial charge is 0.496 e. The molecular formula is C20H22O6. The van der Waals surface area contributed by atoms with Gasteiger partial charge in [-0.05, 0) is 38.0 Å². The summed E-state index contributed by atoms with van der Waals surface area (Å²) in [5, 5.41) is 0.576. The van der Waals surface area contributed by atoms with Crippen molar-refractivity contribution < 1.29 is 23.5 Å². The van der Waals surface area contributed by atoms with Gasteiger partial charge in [0, 0.05) is 17.5 Å². The number of allylic oxidation sites excluding steroid dienone is 1. The van der Waals surface area contributed by atoms with Gasteiger partial charge in [-0.15, -0.1) is 0 Å². The first-order valence-electron chi connectivity index (χ1n) is 8.25. The van der Waals surface area contributed by atoms with Crippen LogP contribution in [0, 0.1) is 5.92 Å². The Morgan fingerprint density at radius 2 is 1.77 bits per heavy atom. The Balaban J connectivity index is 2.58. The van der Waals surface area contributed by atoms with E-state index in [1.54, 1.807) is 45.9 Å². The molecule has 0 spiro atoms. The molecule has 0 fully saturated rings. The van der Waals surface area contributed by atoms with E-state index >= 15 is 0 Å². The molecular weight excluding hydrogens is 336 g/mol. The van der Waals surface area contributed by atoms with E-state index in [9.17, 15) is 14.4 Å². The molecule has 0 amide bonds.